The Hall–Kier alpha value is -1.79. The number of ether oxygens (including phenoxy) is 3. The Labute approximate surface area is 283 Å². The number of thioether (sulfide) groups is 1. The number of rotatable bonds is 10. The number of aromatic nitrogens is 1. The molecular formula is C26H21ClKN3O5S3. The van der Waals surface area contributed by atoms with E-state index in [1.165, 1.54) is 56.7 Å². The minimum absolute atomic E-state index is 0. The summed E-state index contributed by atoms with van der Waals surface area (Å²) in [5.74, 6) is 1.74. The van der Waals surface area contributed by atoms with E-state index in [1.807, 2.05) is 35.7 Å². The van der Waals surface area contributed by atoms with Gasteiger partial charge in [-0.2, -0.15) is 0 Å². The molecule has 0 aliphatic heterocycles. The second kappa shape index (κ2) is 14.2. The maximum absolute atomic E-state index is 13.0. The van der Waals surface area contributed by atoms with Crippen molar-refractivity contribution in [2.24, 2.45) is 0 Å². The van der Waals surface area contributed by atoms with Crippen LogP contribution in [0.1, 0.15) is 5.56 Å². The van der Waals surface area contributed by atoms with E-state index >= 15 is 0 Å². The van der Waals surface area contributed by atoms with Crippen LogP contribution in [0, 0.1) is 11.5 Å². The standard InChI is InChI=1S/C26H21ClN3O5S3.K/c1-33-21-9-16(10-22(34-2)25(21)35-3)13-36-23-12-19(27)18(11-24(23)38(31,32)29-15-28)26-30-20(14-37-26)17-7-5-4-6-8-17;/h4-12,14H,13H2,1-3H3;/q-1;+1. The molecule has 0 fully saturated rings. The average Bonchev–Trinajstić information content (AvgIpc) is 3.41. The predicted octanol–water partition coefficient (Wildman–Crippen LogP) is 4.00. The minimum Gasteiger partial charge on any atom is -0.493 e. The van der Waals surface area contributed by atoms with E-state index in [0.717, 1.165) is 16.8 Å². The number of methoxy groups -OCH3 is 3. The van der Waals surface area contributed by atoms with Gasteiger partial charge >= 0.3 is 51.4 Å². The molecule has 8 nitrogen and oxygen atoms in total. The molecule has 13 heteroatoms. The molecule has 4 aromatic rings. The van der Waals surface area contributed by atoms with Crippen molar-refractivity contribution >= 4 is 44.7 Å². The summed E-state index contributed by atoms with van der Waals surface area (Å²) in [4.78, 5) is 4.86. The first-order valence-electron chi connectivity index (χ1n) is 10.9. The third-order valence-electron chi connectivity index (χ3n) is 5.40. The summed E-state index contributed by atoms with van der Waals surface area (Å²) in [5, 5.41) is 11.8. The van der Waals surface area contributed by atoms with Gasteiger partial charge in [0.15, 0.2) is 11.5 Å². The van der Waals surface area contributed by atoms with Gasteiger partial charge in [-0.25, -0.2) is 13.4 Å². The maximum Gasteiger partial charge on any atom is 1.00 e. The van der Waals surface area contributed by atoms with Crippen LogP contribution in [-0.4, -0.2) is 34.7 Å². The molecule has 3 aromatic carbocycles. The maximum atomic E-state index is 13.0. The van der Waals surface area contributed by atoms with Gasteiger partial charge in [0.05, 0.1) is 36.9 Å². The van der Waals surface area contributed by atoms with Crippen LogP contribution in [0.2, 0.25) is 5.02 Å². The van der Waals surface area contributed by atoms with E-state index in [2.05, 4.69) is 9.71 Å². The number of hydrogen-bond donors (Lipinski definition) is 0. The Morgan fingerprint density at radius 1 is 1.05 bits per heavy atom. The van der Waals surface area contributed by atoms with Crippen molar-refractivity contribution in [3.8, 4) is 45.3 Å². The van der Waals surface area contributed by atoms with Gasteiger partial charge in [-0.15, -0.1) is 23.1 Å². The van der Waals surface area contributed by atoms with Crippen LogP contribution in [0.25, 0.3) is 26.6 Å². The topological polar surface area (TPSA) is 113 Å². The molecule has 0 spiro atoms. The molecule has 0 bridgehead atoms. The van der Waals surface area contributed by atoms with Gasteiger partial charge in [-0.05, 0) is 29.8 Å². The summed E-state index contributed by atoms with van der Waals surface area (Å²) in [6.45, 7) is 0. The first-order valence-corrected chi connectivity index (χ1v) is 14.6. The molecule has 196 valence electrons. The van der Waals surface area contributed by atoms with Crippen molar-refractivity contribution in [2.45, 2.75) is 15.5 Å². The first kappa shape index (κ1) is 31.7. The van der Waals surface area contributed by atoms with Crippen LogP contribution in [0.4, 0.5) is 0 Å². The number of nitrogens with zero attached hydrogens (tertiary/aromatic N) is 3. The third-order valence-corrected chi connectivity index (χ3v) is 9.05. The van der Waals surface area contributed by atoms with E-state index in [-0.39, 0.29) is 56.3 Å². The molecule has 0 N–H and O–H groups in total. The quantitative estimate of drug-likeness (QED) is 0.148. The van der Waals surface area contributed by atoms with E-state index in [0.29, 0.717) is 43.5 Å². The normalized spacial score (nSPS) is 10.7. The van der Waals surface area contributed by atoms with Gasteiger partial charge in [-0.3, -0.25) is 0 Å². The number of nitriles is 1. The second-order valence-corrected chi connectivity index (χ2v) is 11.5. The first-order chi connectivity index (χ1) is 18.3. The molecule has 0 aliphatic carbocycles. The van der Waals surface area contributed by atoms with Gasteiger partial charge in [0.2, 0.25) is 15.8 Å². The van der Waals surface area contributed by atoms with Crippen LogP contribution in [0.5, 0.6) is 17.2 Å². The fourth-order valence-electron chi connectivity index (χ4n) is 3.64. The third kappa shape index (κ3) is 7.29. The van der Waals surface area contributed by atoms with Gasteiger partial charge in [-0.1, -0.05) is 48.1 Å². The van der Waals surface area contributed by atoms with E-state index < -0.39 is 10.0 Å². The monoisotopic (exact) mass is 625 g/mol. The van der Waals surface area contributed by atoms with E-state index in [4.69, 9.17) is 31.1 Å². The van der Waals surface area contributed by atoms with Crippen LogP contribution in [0.15, 0.2) is 69.8 Å². The Morgan fingerprint density at radius 2 is 1.72 bits per heavy atom. The molecule has 0 unspecified atom stereocenters. The number of benzene rings is 3. The van der Waals surface area contributed by atoms with Crippen LogP contribution in [-0.2, 0) is 15.8 Å². The largest absolute Gasteiger partial charge is 1.00 e. The van der Waals surface area contributed by atoms with Crippen LogP contribution < -0.4 is 65.6 Å². The summed E-state index contributed by atoms with van der Waals surface area (Å²) in [5.41, 5.74) is 2.89. The van der Waals surface area contributed by atoms with E-state index in [9.17, 15) is 8.42 Å². The van der Waals surface area contributed by atoms with Gasteiger partial charge in [0, 0.05) is 27.2 Å². The fourth-order valence-corrected chi connectivity index (χ4v) is 7.04. The average molecular weight is 626 g/mol. The molecular weight excluding hydrogens is 605 g/mol. The molecule has 39 heavy (non-hydrogen) atoms. The van der Waals surface area contributed by atoms with Gasteiger partial charge < -0.3 is 24.2 Å². The van der Waals surface area contributed by atoms with Crippen LogP contribution in [0.3, 0.4) is 0 Å². The van der Waals surface area contributed by atoms with Gasteiger partial charge in [0.1, 0.15) is 5.01 Å². The molecule has 0 saturated carbocycles. The smallest absolute Gasteiger partial charge is 0.493 e. The zero-order chi connectivity index (χ0) is 27.3. The summed E-state index contributed by atoms with van der Waals surface area (Å²) in [7, 11) is 0.264. The second-order valence-electron chi connectivity index (χ2n) is 7.67. The number of halogens is 1. The van der Waals surface area contributed by atoms with E-state index in [1.54, 1.807) is 18.2 Å². The van der Waals surface area contributed by atoms with Crippen molar-refractivity contribution in [1.29, 1.82) is 5.26 Å². The Balaban J connectivity index is 0.00000420. The fraction of sp³-hybridized carbons (Fsp3) is 0.154. The molecule has 1 aromatic heterocycles. The number of sulfonamides is 1. The zero-order valence-corrected chi connectivity index (χ0v) is 27.8. The summed E-state index contributed by atoms with van der Waals surface area (Å²) >= 11 is 9.20. The zero-order valence-electron chi connectivity index (χ0n) is 21.5. The molecule has 4 rings (SSSR count). The Kier molecular flexibility index (Phi) is 11.6. The molecule has 1 heterocycles. The Bertz CT molecular complexity index is 1580. The molecule has 0 atom stereocenters. The minimum atomic E-state index is -4.28. The number of hydrogen-bond acceptors (Lipinski definition) is 9. The molecule has 0 amide bonds. The van der Waals surface area contributed by atoms with Crippen molar-refractivity contribution in [3.05, 3.63) is 75.3 Å². The summed E-state index contributed by atoms with van der Waals surface area (Å²) in [6, 6.07) is 16.1. The van der Waals surface area contributed by atoms with Crippen LogP contribution >= 0.6 is 34.7 Å². The molecule has 0 aliphatic rings. The Morgan fingerprint density at radius 3 is 2.31 bits per heavy atom. The van der Waals surface area contributed by atoms with Crippen molar-refractivity contribution < 1.29 is 74.0 Å². The predicted molar refractivity (Wildman–Crippen MR) is 150 cm³/mol. The number of thiazole rings is 1. The molecule has 0 saturated heterocycles. The molecule has 0 radical (unpaired) electrons. The van der Waals surface area contributed by atoms with Gasteiger partial charge in [0.25, 0.3) is 0 Å². The van der Waals surface area contributed by atoms with Crippen molar-refractivity contribution in [3.63, 3.8) is 0 Å². The SMILES string of the molecule is COc1cc(CSc2cc(Cl)c(-c3nc(-c4ccccc4)cs3)cc2S(=O)(=O)[N-]C#N)cc(OC)c1OC.[K+]. The summed E-state index contributed by atoms with van der Waals surface area (Å²) in [6.07, 6.45) is 1.38. The van der Waals surface area contributed by atoms with Crippen molar-refractivity contribution in [1.82, 2.24) is 4.98 Å². The summed E-state index contributed by atoms with van der Waals surface area (Å²) < 4.78 is 45.3. The van der Waals surface area contributed by atoms with Crippen molar-refractivity contribution in [2.75, 3.05) is 21.3 Å².